The standard InChI is InChI=1S/C18H18N8O/c1-2-14(15-11-25-10-6-9-19-18(25)21-15)20-16(27)12-26-23-17(22-24-26)13-7-4-3-5-8-13/h3-11,14H,2,12H2,1H3,(H,20,27)/t14-/m0/s1. The maximum Gasteiger partial charge on any atom is 0.244 e. The van der Waals surface area contributed by atoms with E-state index in [1.807, 2.05) is 60.1 Å². The third-order valence-corrected chi connectivity index (χ3v) is 4.12. The van der Waals surface area contributed by atoms with Gasteiger partial charge in [0.2, 0.25) is 17.5 Å². The molecule has 9 nitrogen and oxygen atoms in total. The normalized spacial score (nSPS) is 12.2. The van der Waals surface area contributed by atoms with Crippen molar-refractivity contribution in [2.24, 2.45) is 0 Å². The van der Waals surface area contributed by atoms with Crippen LogP contribution in [0.2, 0.25) is 0 Å². The van der Waals surface area contributed by atoms with Gasteiger partial charge in [0.15, 0.2) is 0 Å². The van der Waals surface area contributed by atoms with Crippen LogP contribution in [-0.2, 0) is 11.3 Å². The van der Waals surface area contributed by atoms with E-state index in [4.69, 9.17) is 0 Å². The third kappa shape index (κ3) is 3.66. The Balaban J connectivity index is 1.44. The number of tetrazole rings is 1. The summed E-state index contributed by atoms with van der Waals surface area (Å²) in [5, 5.41) is 15.2. The van der Waals surface area contributed by atoms with Crippen molar-refractivity contribution in [1.82, 2.24) is 39.9 Å². The van der Waals surface area contributed by atoms with Crippen LogP contribution in [-0.4, -0.2) is 40.5 Å². The molecule has 1 atom stereocenters. The molecule has 4 aromatic rings. The fourth-order valence-corrected chi connectivity index (χ4v) is 2.78. The van der Waals surface area contributed by atoms with Crippen LogP contribution >= 0.6 is 0 Å². The molecule has 9 heteroatoms. The van der Waals surface area contributed by atoms with Crippen molar-refractivity contribution in [2.45, 2.75) is 25.9 Å². The number of rotatable bonds is 6. The minimum atomic E-state index is -0.212. The van der Waals surface area contributed by atoms with Gasteiger partial charge in [-0.1, -0.05) is 37.3 Å². The molecule has 0 bridgehead atoms. The zero-order valence-corrected chi connectivity index (χ0v) is 14.7. The Morgan fingerprint density at radius 2 is 2.07 bits per heavy atom. The minimum absolute atomic E-state index is 0.0119. The lowest BCUT2D eigenvalue weighted by Crippen LogP contribution is -2.32. The van der Waals surface area contributed by atoms with Crippen molar-refractivity contribution >= 4 is 11.7 Å². The van der Waals surface area contributed by atoms with E-state index >= 15 is 0 Å². The van der Waals surface area contributed by atoms with E-state index < -0.39 is 0 Å². The number of hydrogen-bond acceptors (Lipinski definition) is 6. The van der Waals surface area contributed by atoms with E-state index in [-0.39, 0.29) is 18.5 Å². The molecule has 0 aliphatic heterocycles. The second-order valence-corrected chi connectivity index (χ2v) is 6.03. The van der Waals surface area contributed by atoms with Crippen LogP contribution in [0.4, 0.5) is 0 Å². The van der Waals surface area contributed by atoms with Crippen molar-refractivity contribution < 1.29 is 4.79 Å². The number of hydrogen-bond donors (Lipinski definition) is 1. The Hall–Kier alpha value is -3.62. The van der Waals surface area contributed by atoms with Crippen molar-refractivity contribution in [1.29, 1.82) is 0 Å². The predicted molar refractivity (Wildman–Crippen MR) is 97.4 cm³/mol. The molecule has 0 saturated heterocycles. The van der Waals surface area contributed by atoms with E-state index in [0.717, 1.165) is 11.3 Å². The molecule has 4 rings (SSSR count). The highest BCUT2D eigenvalue weighted by molar-refractivity contribution is 5.76. The summed E-state index contributed by atoms with van der Waals surface area (Å²) in [6.45, 7) is 1.98. The van der Waals surface area contributed by atoms with Crippen LogP contribution in [0.1, 0.15) is 25.1 Å². The van der Waals surface area contributed by atoms with Crippen LogP contribution in [0.3, 0.4) is 0 Å². The molecular weight excluding hydrogens is 344 g/mol. The van der Waals surface area contributed by atoms with E-state index in [0.29, 0.717) is 18.0 Å². The van der Waals surface area contributed by atoms with Gasteiger partial charge >= 0.3 is 0 Å². The Morgan fingerprint density at radius 1 is 1.22 bits per heavy atom. The summed E-state index contributed by atoms with van der Waals surface area (Å²) in [6.07, 6.45) is 6.14. The van der Waals surface area contributed by atoms with Crippen LogP contribution in [0, 0.1) is 0 Å². The molecule has 0 fully saturated rings. The number of benzene rings is 1. The number of nitrogens with zero attached hydrogens (tertiary/aromatic N) is 7. The summed E-state index contributed by atoms with van der Waals surface area (Å²) >= 11 is 0. The van der Waals surface area contributed by atoms with Crippen LogP contribution in [0.25, 0.3) is 17.2 Å². The Kier molecular flexibility index (Phi) is 4.56. The molecule has 0 aliphatic rings. The van der Waals surface area contributed by atoms with Gasteiger partial charge in [0.1, 0.15) is 6.54 Å². The lowest BCUT2D eigenvalue weighted by Gasteiger charge is -2.14. The summed E-state index contributed by atoms with van der Waals surface area (Å²) in [6, 6.07) is 11.1. The van der Waals surface area contributed by atoms with E-state index in [1.54, 1.807) is 6.20 Å². The topological polar surface area (TPSA) is 103 Å². The molecule has 0 aliphatic carbocycles. The largest absolute Gasteiger partial charge is 0.346 e. The average molecular weight is 362 g/mol. The van der Waals surface area contributed by atoms with Gasteiger partial charge in [0.05, 0.1) is 11.7 Å². The molecule has 1 N–H and O–H groups in total. The fourth-order valence-electron chi connectivity index (χ4n) is 2.78. The smallest absolute Gasteiger partial charge is 0.244 e. The summed E-state index contributed by atoms with van der Waals surface area (Å²) in [5.74, 6) is 0.886. The molecular formula is C18H18N8O. The molecule has 0 radical (unpaired) electrons. The quantitative estimate of drug-likeness (QED) is 0.559. The van der Waals surface area contributed by atoms with Gasteiger partial charge in [0.25, 0.3) is 0 Å². The Bertz CT molecular complexity index is 1020. The first-order valence-corrected chi connectivity index (χ1v) is 8.65. The van der Waals surface area contributed by atoms with Gasteiger partial charge in [0, 0.05) is 24.2 Å². The van der Waals surface area contributed by atoms with Crippen molar-refractivity contribution in [2.75, 3.05) is 0 Å². The van der Waals surface area contributed by atoms with Crippen molar-refractivity contribution in [3.63, 3.8) is 0 Å². The first kappa shape index (κ1) is 16.8. The number of amides is 1. The maximum atomic E-state index is 12.4. The second-order valence-electron chi connectivity index (χ2n) is 6.03. The number of carbonyl (C=O) groups excluding carboxylic acids is 1. The SMILES string of the molecule is CC[C@H](NC(=O)Cn1nnc(-c2ccccc2)n1)c1cn2cccnc2n1. The lowest BCUT2D eigenvalue weighted by atomic mass is 10.1. The molecule has 0 saturated carbocycles. The first-order valence-electron chi connectivity index (χ1n) is 8.65. The number of aromatic nitrogens is 7. The van der Waals surface area contributed by atoms with Gasteiger partial charge in [-0.25, -0.2) is 9.97 Å². The molecule has 136 valence electrons. The zero-order valence-electron chi connectivity index (χ0n) is 14.7. The molecule has 3 aromatic heterocycles. The molecule has 1 aromatic carbocycles. The van der Waals surface area contributed by atoms with E-state index in [9.17, 15) is 4.79 Å². The van der Waals surface area contributed by atoms with E-state index in [1.165, 1.54) is 4.80 Å². The van der Waals surface area contributed by atoms with Gasteiger partial charge in [-0.3, -0.25) is 9.20 Å². The second kappa shape index (κ2) is 7.32. The van der Waals surface area contributed by atoms with Crippen molar-refractivity contribution in [3.8, 4) is 11.4 Å². The van der Waals surface area contributed by atoms with Gasteiger partial charge < -0.3 is 5.32 Å². The Morgan fingerprint density at radius 3 is 2.85 bits per heavy atom. The highest BCUT2D eigenvalue weighted by atomic mass is 16.2. The fraction of sp³-hybridized carbons (Fsp3) is 0.222. The number of fused-ring (bicyclic) bond motifs is 1. The van der Waals surface area contributed by atoms with E-state index in [2.05, 4.69) is 30.7 Å². The molecule has 0 unspecified atom stereocenters. The Labute approximate surface area is 155 Å². The average Bonchev–Trinajstić information content (AvgIpc) is 3.33. The number of nitrogens with one attached hydrogen (secondary N) is 1. The summed E-state index contributed by atoms with van der Waals surface area (Å²) in [5.41, 5.74) is 1.62. The van der Waals surface area contributed by atoms with Crippen LogP contribution < -0.4 is 5.32 Å². The lowest BCUT2D eigenvalue weighted by molar-refractivity contribution is -0.122. The van der Waals surface area contributed by atoms with Crippen LogP contribution in [0.15, 0.2) is 55.0 Å². The summed E-state index contributed by atoms with van der Waals surface area (Å²) < 4.78 is 1.83. The third-order valence-electron chi connectivity index (χ3n) is 4.12. The minimum Gasteiger partial charge on any atom is -0.346 e. The van der Waals surface area contributed by atoms with Gasteiger partial charge in [-0.2, -0.15) is 4.80 Å². The maximum absolute atomic E-state index is 12.4. The highest BCUT2D eigenvalue weighted by Gasteiger charge is 2.17. The molecule has 27 heavy (non-hydrogen) atoms. The highest BCUT2D eigenvalue weighted by Crippen LogP contribution is 2.16. The number of imidazole rings is 1. The zero-order chi connectivity index (χ0) is 18.6. The van der Waals surface area contributed by atoms with Crippen molar-refractivity contribution in [3.05, 3.63) is 60.7 Å². The molecule has 1 amide bonds. The van der Waals surface area contributed by atoms with Gasteiger partial charge in [-0.05, 0) is 17.7 Å². The molecule has 0 spiro atoms. The first-order chi connectivity index (χ1) is 13.2. The predicted octanol–water partition coefficient (Wildman–Crippen LogP) is 1.65. The monoisotopic (exact) mass is 362 g/mol. The summed E-state index contributed by atoms with van der Waals surface area (Å²) in [4.78, 5) is 22.4. The summed E-state index contributed by atoms with van der Waals surface area (Å²) in [7, 11) is 0. The van der Waals surface area contributed by atoms with Crippen LogP contribution in [0.5, 0.6) is 0 Å². The molecule has 3 heterocycles. The van der Waals surface area contributed by atoms with Gasteiger partial charge in [-0.15, -0.1) is 10.2 Å². The number of carbonyl (C=O) groups is 1.